The van der Waals surface area contributed by atoms with Crippen molar-refractivity contribution in [3.8, 4) is 0 Å². The highest BCUT2D eigenvalue weighted by molar-refractivity contribution is 5.79. The van der Waals surface area contributed by atoms with Gasteiger partial charge >= 0.3 is 5.97 Å². The molecule has 0 heterocycles. The largest absolute Gasteiger partial charge is 0.468 e. The second-order valence-corrected chi connectivity index (χ2v) is 5.16. The SMILES string of the molecule is C=CC1=CCC[C@@]2(O)CCC[C@]2(C(=O)OC)C1. The van der Waals surface area contributed by atoms with Crippen molar-refractivity contribution in [3.05, 3.63) is 24.3 Å². The predicted octanol–water partition coefficient (Wildman–Crippen LogP) is 2.36. The highest BCUT2D eigenvalue weighted by Crippen LogP contribution is 2.54. The van der Waals surface area contributed by atoms with Crippen LogP contribution in [0.3, 0.4) is 0 Å². The number of methoxy groups -OCH3 is 1. The molecule has 0 radical (unpaired) electrons. The van der Waals surface area contributed by atoms with Gasteiger partial charge in [-0.05, 0) is 38.5 Å². The average Bonchev–Trinajstić information content (AvgIpc) is 2.58. The number of carbonyl (C=O) groups is 1. The zero-order valence-corrected chi connectivity index (χ0v) is 10.4. The molecule has 2 atom stereocenters. The summed E-state index contributed by atoms with van der Waals surface area (Å²) in [4.78, 5) is 12.1. The van der Waals surface area contributed by atoms with Crippen LogP contribution < -0.4 is 0 Å². The Morgan fingerprint density at radius 2 is 2.29 bits per heavy atom. The van der Waals surface area contributed by atoms with Crippen molar-refractivity contribution in [1.29, 1.82) is 0 Å². The number of allylic oxidation sites excluding steroid dienone is 3. The molecule has 2 aliphatic rings. The van der Waals surface area contributed by atoms with E-state index in [9.17, 15) is 9.90 Å². The van der Waals surface area contributed by atoms with Gasteiger partial charge in [-0.25, -0.2) is 0 Å². The molecule has 3 nitrogen and oxygen atoms in total. The van der Waals surface area contributed by atoms with Crippen LogP contribution in [-0.2, 0) is 9.53 Å². The summed E-state index contributed by atoms with van der Waals surface area (Å²) in [5, 5.41) is 10.8. The second kappa shape index (κ2) is 4.30. The van der Waals surface area contributed by atoms with E-state index in [1.165, 1.54) is 7.11 Å². The maximum absolute atomic E-state index is 12.1. The van der Waals surface area contributed by atoms with Gasteiger partial charge in [0.1, 0.15) is 5.41 Å². The maximum atomic E-state index is 12.1. The van der Waals surface area contributed by atoms with Crippen molar-refractivity contribution in [2.24, 2.45) is 5.41 Å². The minimum absolute atomic E-state index is 0.271. The van der Waals surface area contributed by atoms with Crippen LogP contribution in [0.1, 0.15) is 38.5 Å². The number of carbonyl (C=O) groups excluding carboxylic acids is 1. The molecule has 1 saturated carbocycles. The predicted molar refractivity (Wildman–Crippen MR) is 65.4 cm³/mol. The van der Waals surface area contributed by atoms with Crippen molar-refractivity contribution in [2.75, 3.05) is 7.11 Å². The van der Waals surface area contributed by atoms with Gasteiger partial charge in [0.25, 0.3) is 0 Å². The topological polar surface area (TPSA) is 46.5 Å². The monoisotopic (exact) mass is 236 g/mol. The van der Waals surface area contributed by atoms with Crippen molar-refractivity contribution < 1.29 is 14.6 Å². The molecular weight excluding hydrogens is 216 g/mol. The Balaban J connectivity index is 2.43. The van der Waals surface area contributed by atoms with Gasteiger partial charge in [0, 0.05) is 0 Å². The van der Waals surface area contributed by atoms with E-state index in [1.807, 2.05) is 0 Å². The van der Waals surface area contributed by atoms with Crippen LogP contribution in [0.15, 0.2) is 24.3 Å². The fourth-order valence-electron chi connectivity index (χ4n) is 3.40. The molecule has 0 aromatic rings. The van der Waals surface area contributed by atoms with E-state index in [4.69, 9.17) is 4.74 Å². The molecule has 0 aromatic carbocycles. The van der Waals surface area contributed by atoms with E-state index >= 15 is 0 Å². The number of esters is 1. The van der Waals surface area contributed by atoms with Crippen molar-refractivity contribution in [3.63, 3.8) is 0 Å². The third-order valence-electron chi connectivity index (χ3n) is 4.39. The van der Waals surface area contributed by atoms with Crippen LogP contribution in [-0.4, -0.2) is 23.8 Å². The Kier molecular flexibility index (Phi) is 3.13. The van der Waals surface area contributed by atoms with Crippen molar-refractivity contribution in [2.45, 2.75) is 44.1 Å². The Hall–Kier alpha value is -1.09. The Morgan fingerprint density at radius 3 is 2.94 bits per heavy atom. The fraction of sp³-hybridized carbons (Fsp3) is 0.643. The highest BCUT2D eigenvalue weighted by atomic mass is 16.5. The summed E-state index contributed by atoms with van der Waals surface area (Å²) in [5.41, 5.74) is -0.604. The molecule has 0 amide bonds. The quantitative estimate of drug-likeness (QED) is 0.749. The fourth-order valence-corrected chi connectivity index (χ4v) is 3.40. The number of fused-ring (bicyclic) bond motifs is 1. The minimum Gasteiger partial charge on any atom is -0.468 e. The first kappa shape index (κ1) is 12.4. The van der Waals surface area contributed by atoms with Gasteiger partial charge in [0.05, 0.1) is 12.7 Å². The summed E-state index contributed by atoms with van der Waals surface area (Å²) in [6, 6.07) is 0. The lowest BCUT2D eigenvalue weighted by molar-refractivity contribution is -0.169. The van der Waals surface area contributed by atoms with Gasteiger partial charge in [-0.15, -0.1) is 0 Å². The Bertz CT molecular complexity index is 372. The van der Waals surface area contributed by atoms with Gasteiger partial charge in [-0.3, -0.25) is 4.79 Å². The van der Waals surface area contributed by atoms with Crippen LogP contribution in [0.2, 0.25) is 0 Å². The molecule has 0 bridgehead atoms. The van der Waals surface area contributed by atoms with Crippen LogP contribution in [0.5, 0.6) is 0 Å². The number of hydrogen-bond donors (Lipinski definition) is 1. The van der Waals surface area contributed by atoms with Crippen LogP contribution in [0, 0.1) is 5.41 Å². The summed E-state index contributed by atoms with van der Waals surface area (Å²) in [6.45, 7) is 3.78. The van der Waals surface area contributed by atoms with Gasteiger partial charge in [0.15, 0.2) is 0 Å². The third-order valence-corrected chi connectivity index (χ3v) is 4.39. The molecule has 0 aliphatic heterocycles. The van der Waals surface area contributed by atoms with E-state index in [0.29, 0.717) is 25.7 Å². The molecule has 0 aromatic heterocycles. The van der Waals surface area contributed by atoms with Crippen molar-refractivity contribution in [1.82, 2.24) is 0 Å². The van der Waals surface area contributed by atoms with Crippen molar-refractivity contribution >= 4 is 5.97 Å². The summed E-state index contributed by atoms with van der Waals surface area (Å²) >= 11 is 0. The summed E-state index contributed by atoms with van der Waals surface area (Å²) in [5.74, 6) is -0.271. The molecule has 94 valence electrons. The Morgan fingerprint density at radius 1 is 1.53 bits per heavy atom. The van der Waals surface area contributed by atoms with E-state index in [2.05, 4.69) is 12.7 Å². The molecule has 1 fully saturated rings. The summed E-state index contributed by atoms with van der Waals surface area (Å²) in [7, 11) is 1.40. The van der Waals surface area contributed by atoms with Crippen LogP contribution in [0.25, 0.3) is 0 Å². The Labute approximate surface area is 102 Å². The van der Waals surface area contributed by atoms with Gasteiger partial charge in [-0.1, -0.05) is 24.3 Å². The van der Waals surface area contributed by atoms with Gasteiger partial charge in [0.2, 0.25) is 0 Å². The molecule has 0 unspecified atom stereocenters. The van der Waals surface area contributed by atoms with Gasteiger partial charge < -0.3 is 9.84 Å². The molecular formula is C14H20O3. The normalized spacial score (nSPS) is 36.7. The van der Waals surface area contributed by atoms with Crippen LogP contribution >= 0.6 is 0 Å². The average molecular weight is 236 g/mol. The standard InChI is InChI=1S/C14H20O3/c1-3-11-6-4-8-14(16)9-5-7-13(14,10-11)12(15)17-2/h3,6,16H,1,4-5,7-10H2,2H3/t13-,14-/m1/s1. The van der Waals surface area contributed by atoms with Gasteiger partial charge in [-0.2, -0.15) is 0 Å². The smallest absolute Gasteiger partial charge is 0.315 e. The van der Waals surface area contributed by atoms with E-state index in [0.717, 1.165) is 18.4 Å². The maximum Gasteiger partial charge on any atom is 0.315 e. The first-order valence-corrected chi connectivity index (χ1v) is 6.20. The summed E-state index contributed by atoms with van der Waals surface area (Å²) < 4.78 is 4.95. The molecule has 2 rings (SSSR count). The molecule has 0 spiro atoms. The number of ether oxygens (including phenoxy) is 1. The number of aliphatic hydroxyl groups is 1. The zero-order chi connectivity index (χ0) is 12.5. The lowest BCUT2D eigenvalue weighted by Gasteiger charge is -2.39. The molecule has 17 heavy (non-hydrogen) atoms. The lowest BCUT2D eigenvalue weighted by atomic mass is 9.69. The number of rotatable bonds is 2. The zero-order valence-electron chi connectivity index (χ0n) is 10.4. The summed E-state index contributed by atoms with van der Waals surface area (Å²) in [6.07, 6.45) is 8.15. The van der Waals surface area contributed by atoms with E-state index in [1.54, 1.807) is 6.08 Å². The highest BCUT2D eigenvalue weighted by Gasteiger charge is 2.59. The molecule has 1 N–H and O–H groups in total. The third kappa shape index (κ3) is 1.73. The van der Waals surface area contributed by atoms with E-state index < -0.39 is 11.0 Å². The molecule has 3 heteroatoms. The van der Waals surface area contributed by atoms with Crippen LogP contribution in [0.4, 0.5) is 0 Å². The first-order chi connectivity index (χ1) is 8.08. The second-order valence-electron chi connectivity index (χ2n) is 5.16. The number of hydrogen-bond acceptors (Lipinski definition) is 3. The molecule has 0 saturated heterocycles. The first-order valence-electron chi connectivity index (χ1n) is 6.20. The minimum atomic E-state index is -0.901. The molecule has 2 aliphatic carbocycles. The van der Waals surface area contributed by atoms with E-state index in [-0.39, 0.29) is 5.97 Å². The lowest BCUT2D eigenvalue weighted by Crippen LogP contribution is -2.49.